The SMILES string of the molecule is O=C([O-])CNC(CCCO)C(=O)[O-].[Na+].[Na+]. The van der Waals surface area contributed by atoms with Gasteiger partial charge in [-0.15, -0.1) is 0 Å². The van der Waals surface area contributed by atoms with Gasteiger partial charge in [0, 0.05) is 19.2 Å². The quantitative estimate of drug-likeness (QED) is 0.424. The smallest absolute Gasteiger partial charge is 0.549 e. The molecular weight excluding hydrogens is 224 g/mol. The van der Waals surface area contributed by atoms with E-state index in [0.717, 1.165) is 0 Å². The summed E-state index contributed by atoms with van der Waals surface area (Å²) in [4.78, 5) is 20.3. The van der Waals surface area contributed by atoms with E-state index in [4.69, 9.17) is 5.11 Å². The van der Waals surface area contributed by atoms with Gasteiger partial charge < -0.3 is 30.2 Å². The van der Waals surface area contributed by atoms with E-state index in [1.807, 2.05) is 0 Å². The van der Waals surface area contributed by atoms with Gasteiger partial charge in [0.15, 0.2) is 0 Å². The number of rotatable bonds is 7. The van der Waals surface area contributed by atoms with Gasteiger partial charge in [-0.3, -0.25) is 0 Å². The van der Waals surface area contributed by atoms with Crippen LogP contribution in [0.1, 0.15) is 12.8 Å². The Morgan fingerprint density at radius 1 is 1.27 bits per heavy atom. The molecule has 0 aromatic heterocycles. The molecule has 0 amide bonds. The molecule has 0 fully saturated rings. The molecule has 6 nitrogen and oxygen atoms in total. The molecule has 0 heterocycles. The molecule has 8 heteroatoms. The monoisotopic (exact) mass is 235 g/mol. The van der Waals surface area contributed by atoms with Crippen molar-refractivity contribution in [1.29, 1.82) is 0 Å². The van der Waals surface area contributed by atoms with E-state index < -0.39 is 24.5 Å². The summed E-state index contributed by atoms with van der Waals surface area (Å²) in [5.74, 6) is -2.76. The van der Waals surface area contributed by atoms with Crippen LogP contribution >= 0.6 is 0 Å². The molecule has 76 valence electrons. The maximum Gasteiger partial charge on any atom is 1.00 e. The van der Waals surface area contributed by atoms with Gasteiger partial charge in [0.1, 0.15) is 0 Å². The molecular formula is C7H11NNa2O5. The van der Waals surface area contributed by atoms with Crippen molar-refractivity contribution in [3.8, 4) is 0 Å². The van der Waals surface area contributed by atoms with Crippen LogP contribution < -0.4 is 74.6 Å². The summed E-state index contributed by atoms with van der Waals surface area (Å²) in [6.45, 7) is -0.680. The van der Waals surface area contributed by atoms with Crippen molar-refractivity contribution < 1.29 is 84.0 Å². The molecule has 0 aromatic rings. The first-order chi connectivity index (χ1) is 6.07. The molecule has 1 unspecified atom stereocenters. The number of carboxylic acids is 2. The first-order valence-electron chi connectivity index (χ1n) is 3.83. The van der Waals surface area contributed by atoms with E-state index in [-0.39, 0.29) is 78.6 Å². The van der Waals surface area contributed by atoms with Crippen molar-refractivity contribution in [1.82, 2.24) is 5.32 Å². The Bertz CT molecular complexity index is 190. The fraction of sp³-hybridized carbons (Fsp3) is 0.714. The van der Waals surface area contributed by atoms with Crippen LogP contribution in [0.3, 0.4) is 0 Å². The maximum absolute atomic E-state index is 10.3. The summed E-state index contributed by atoms with van der Waals surface area (Å²) in [5, 5.41) is 30.9. The van der Waals surface area contributed by atoms with Gasteiger partial charge in [0.25, 0.3) is 0 Å². The number of carbonyl (C=O) groups excluding carboxylic acids is 2. The number of nitrogens with one attached hydrogen (secondary N) is 1. The fourth-order valence-electron chi connectivity index (χ4n) is 0.805. The van der Waals surface area contributed by atoms with Crippen molar-refractivity contribution in [2.45, 2.75) is 18.9 Å². The van der Waals surface area contributed by atoms with Crippen molar-refractivity contribution >= 4 is 11.9 Å². The van der Waals surface area contributed by atoms with Gasteiger partial charge in [-0.1, -0.05) is 0 Å². The number of aliphatic hydroxyl groups is 1. The van der Waals surface area contributed by atoms with Crippen LogP contribution in [-0.2, 0) is 9.59 Å². The molecule has 1 atom stereocenters. The number of aliphatic hydroxyl groups excluding tert-OH is 1. The van der Waals surface area contributed by atoms with Gasteiger partial charge in [-0.05, 0) is 12.8 Å². The molecule has 0 saturated heterocycles. The second kappa shape index (κ2) is 12.9. The van der Waals surface area contributed by atoms with Crippen molar-refractivity contribution in [3.05, 3.63) is 0 Å². The Balaban J connectivity index is -0.000000720. The van der Waals surface area contributed by atoms with E-state index >= 15 is 0 Å². The van der Waals surface area contributed by atoms with Crippen molar-refractivity contribution in [2.75, 3.05) is 13.2 Å². The van der Waals surface area contributed by atoms with Crippen LogP contribution in [0.2, 0.25) is 0 Å². The van der Waals surface area contributed by atoms with E-state index in [9.17, 15) is 19.8 Å². The molecule has 15 heavy (non-hydrogen) atoms. The second-order valence-electron chi connectivity index (χ2n) is 2.49. The summed E-state index contributed by atoms with van der Waals surface area (Å²) in [6.07, 6.45) is 0.408. The molecule has 0 rings (SSSR count). The van der Waals surface area contributed by atoms with E-state index in [2.05, 4.69) is 5.32 Å². The third kappa shape index (κ3) is 12.8. The van der Waals surface area contributed by atoms with Crippen LogP contribution in [0.25, 0.3) is 0 Å². The van der Waals surface area contributed by atoms with Crippen LogP contribution in [0.4, 0.5) is 0 Å². The predicted octanol–water partition coefficient (Wildman–Crippen LogP) is -9.78. The molecule has 0 radical (unpaired) electrons. The predicted molar refractivity (Wildman–Crippen MR) is 38.1 cm³/mol. The fourth-order valence-corrected chi connectivity index (χ4v) is 0.805. The number of carbonyl (C=O) groups is 2. The average Bonchev–Trinajstić information content (AvgIpc) is 2.03. The first kappa shape index (κ1) is 21.2. The number of hydrogen-bond donors (Lipinski definition) is 2. The number of hydrogen-bond acceptors (Lipinski definition) is 6. The van der Waals surface area contributed by atoms with Gasteiger partial charge >= 0.3 is 59.1 Å². The molecule has 0 spiro atoms. The molecule has 0 aliphatic heterocycles. The Labute approximate surface area is 132 Å². The van der Waals surface area contributed by atoms with E-state index in [1.54, 1.807) is 0 Å². The second-order valence-corrected chi connectivity index (χ2v) is 2.49. The van der Waals surface area contributed by atoms with Crippen LogP contribution in [0, 0.1) is 0 Å². The molecule has 0 bridgehead atoms. The molecule has 0 aromatic carbocycles. The Hall–Kier alpha value is 0.860. The maximum atomic E-state index is 10.3. The van der Waals surface area contributed by atoms with E-state index in [0.29, 0.717) is 0 Å². The zero-order valence-corrected chi connectivity index (χ0v) is 13.0. The summed E-state index contributed by atoms with van der Waals surface area (Å²) in [7, 11) is 0. The molecule has 2 N–H and O–H groups in total. The van der Waals surface area contributed by atoms with Gasteiger partial charge in [0.05, 0.1) is 11.9 Å². The van der Waals surface area contributed by atoms with Crippen LogP contribution in [0.15, 0.2) is 0 Å². The largest absolute Gasteiger partial charge is 1.00 e. The normalized spacial score (nSPS) is 10.7. The number of aliphatic carboxylic acids is 2. The standard InChI is InChI=1S/C7H13NO5.2Na/c9-3-1-2-5(7(12)13)8-4-6(10)11;;/h5,8-9H,1-4H2,(H,10,11)(H,12,13);;/q;2*+1/p-2. The van der Waals surface area contributed by atoms with Gasteiger partial charge in [-0.25, -0.2) is 0 Å². The minimum atomic E-state index is -1.38. The summed E-state index contributed by atoms with van der Waals surface area (Å²) < 4.78 is 0. The number of carboxylic acid groups (broad SMARTS) is 2. The van der Waals surface area contributed by atoms with E-state index in [1.165, 1.54) is 0 Å². The first-order valence-corrected chi connectivity index (χ1v) is 3.83. The van der Waals surface area contributed by atoms with Crippen molar-refractivity contribution in [2.24, 2.45) is 0 Å². The third-order valence-corrected chi connectivity index (χ3v) is 1.43. The van der Waals surface area contributed by atoms with Crippen molar-refractivity contribution in [3.63, 3.8) is 0 Å². The minimum absolute atomic E-state index is 0. The Morgan fingerprint density at radius 2 is 1.80 bits per heavy atom. The zero-order chi connectivity index (χ0) is 10.3. The van der Waals surface area contributed by atoms with Crippen LogP contribution in [-0.4, -0.2) is 36.2 Å². The Kier molecular flexibility index (Phi) is 18.3. The Morgan fingerprint density at radius 3 is 2.13 bits per heavy atom. The van der Waals surface area contributed by atoms with Gasteiger partial charge in [-0.2, -0.15) is 0 Å². The average molecular weight is 235 g/mol. The molecule has 0 aliphatic carbocycles. The zero-order valence-electron chi connectivity index (χ0n) is 8.99. The summed E-state index contributed by atoms with van der Waals surface area (Å²) in [5.41, 5.74) is 0. The minimum Gasteiger partial charge on any atom is -0.549 e. The van der Waals surface area contributed by atoms with Gasteiger partial charge in [0.2, 0.25) is 0 Å². The molecule has 0 aliphatic rings. The summed E-state index contributed by atoms with van der Waals surface area (Å²) >= 11 is 0. The topological polar surface area (TPSA) is 113 Å². The van der Waals surface area contributed by atoms with Crippen LogP contribution in [0.5, 0.6) is 0 Å². The third-order valence-electron chi connectivity index (χ3n) is 1.43. The molecule has 0 saturated carbocycles. The summed E-state index contributed by atoms with van der Waals surface area (Å²) in [6, 6.07) is -1.05.